The van der Waals surface area contributed by atoms with Crippen molar-refractivity contribution in [2.45, 2.75) is 9.79 Å². The molecule has 0 atom stereocenters. The maximum Gasteiger partial charge on any atom is 0.210 e. The lowest BCUT2D eigenvalue weighted by Gasteiger charge is -2.21. The normalized spacial score (nSPS) is 15.1. The molecule has 0 unspecified atom stereocenters. The maximum atomic E-state index is 13.2. The van der Waals surface area contributed by atoms with Crippen molar-refractivity contribution in [1.82, 2.24) is 0 Å². The van der Waals surface area contributed by atoms with Crippen molar-refractivity contribution in [2.75, 3.05) is 12.4 Å². The van der Waals surface area contributed by atoms with Crippen molar-refractivity contribution < 1.29 is 17.5 Å². The molecule has 1 N–H and O–H groups in total. The minimum absolute atomic E-state index is 0.0618. The van der Waals surface area contributed by atoms with Gasteiger partial charge in [0, 0.05) is 6.07 Å². The Morgan fingerprint density at radius 2 is 1.68 bits per heavy atom. The van der Waals surface area contributed by atoms with E-state index in [1.807, 2.05) is 0 Å². The first-order valence-corrected chi connectivity index (χ1v) is 7.00. The molecular formula is C13H10FNO3S. The molecule has 2 aromatic rings. The van der Waals surface area contributed by atoms with Gasteiger partial charge >= 0.3 is 0 Å². The van der Waals surface area contributed by atoms with Crippen molar-refractivity contribution in [3.63, 3.8) is 0 Å². The second-order valence-corrected chi connectivity index (χ2v) is 6.02. The highest BCUT2D eigenvalue weighted by atomic mass is 32.2. The van der Waals surface area contributed by atoms with Gasteiger partial charge in [0.25, 0.3) is 0 Å². The van der Waals surface area contributed by atoms with Crippen LogP contribution in [0.5, 0.6) is 5.75 Å². The molecule has 98 valence electrons. The Hall–Kier alpha value is -2.08. The van der Waals surface area contributed by atoms with Gasteiger partial charge in [-0.3, -0.25) is 0 Å². The quantitative estimate of drug-likeness (QED) is 0.744. The van der Waals surface area contributed by atoms with Gasteiger partial charge in [0.1, 0.15) is 11.6 Å². The van der Waals surface area contributed by atoms with Crippen LogP contribution in [0.15, 0.2) is 46.2 Å². The molecule has 0 aliphatic carbocycles. The summed E-state index contributed by atoms with van der Waals surface area (Å²) < 4.78 is 43.2. The molecule has 19 heavy (non-hydrogen) atoms. The van der Waals surface area contributed by atoms with Crippen LogP contribution in [0.3, 0.4) is 0 Å². The van der Waals surface area contributed by atoms with Gasteiger partial charge in [-0.2, -0.15) is 0 Å². The predicted octanol–water partition coefficient (Wildman–Crippen LogP) is 2.72. The van der Waals surface area contributed by atoms with E-state index in [1.165, 1.54) is 25.3 Å². The Kier molecular flexibility index (Phi) is 2.50. The number of sulfone groups is 1. The Morgan fingerprint density at radius 3 is 2.37 bits per heavy atom. The number of benzene rings is 2. The predicted molar refractivity (Wildman–Crippen MR) is 68.1 cm³/mol. The molecule has 0 bridgehead atoms. The van der Waals surface area contributed by atoms with Gasteiger partial charge in [0.15, 0.2) is 0 Å². The summed E-state index contributed by atoms with van der Waals surface area (Å²) in [4.78, 5) is 0.0261. The SMILES string of the molecule is COc1ccc2c(c1)S(=O)(=O)c1cc(F)ccc1N2. The van der Waals surface area contributed by atoms with E-state index >= 15 is 0 Å². The third kappa shape index (κ3) is 1.76. The summed E-state index contributed by atoms with van der Waals surface area (Å²) in [6.45, 7) is 0. The van der Waals surface area contributed by atoms with Crippen LogP contribution < -0.4 is 10.1 Å². The van der Waals surface area contributed by atoms with E-state index in [4.69, 9.17) is 4.74 Å². The van der Waals surface area contributed by atoms with Gasteiger partial charge in [0.05, 0.1) is 28.3 Å². The molecule has 0 saturated carbocycles. The molecule has 0 radical (unpaired) electrons. The van der Waals surface area contributed by atoms with Gasteiger partial charge in [0.2, 0.25) is 9.84 Å². The third-order valence-electron chi connectivity index (χ3n) is 2.98. The van der Waals surface area contributed by atoms with Crippen LogP contribution in [0.25, 0.3) is 0 Å². The third-order valence-corrected chi connectivity index (χ3v) is 4.81. The van der Waals surface area contributed by atoms with Crippen LogP contribution in [0.4, 0.5) is 15.8 Å². The van der Waals surface area contributed by atoms with Gasteiger partial charge in [-0.05, 0) is 30.3 Å². The molecule has 6 heteroatoms. The maximum absolute atomic E-state index is 13.2. The fourth-order valence-electron chi connectivity index (χ4n) is 2.04. The molecule has 0 fully saturated rings. The Balaban J connectivity index is 2.29. The van der Waals surface area contributed by atoms with Gasteiger partial charge in [-0.25, -0.2) is 12.8 Å². The number of ether oxygens (including phenoxy) is 1. The standard InChI is InChI=1S/C13H10FNO3S/c1-18-9-3-5-11-13(7-9)19(16,17)12-6-8(14)2-4-10(12)15-11/h2-7,15H,1H3. The van der Waals surface area contributed by atoms with Gasteiger partial charge in [-0.15, -0.1) is 0 Å². The zero-order valence-electron chi connectivity index (χ0n) is 9.98. The van der Waals surface area contributed by atoms with E-state index in [-0.39, 0.29) is 9.79 Å². The summed E-state index contributed by atoms with van der Waals surface area (Å²) in [7, 11) is -2.28. The molecule has 1 aliphatic heterocycles. The fourth-order valence-corrected chi connectivity index (χ4v) is 3.63. The summed E-state index contributed by atoms with van der Waals surface area (Å²) in [5.74, 6) is -0.153. The van der Waals surface area contributed by atoms with Gasteiger partial charge in [-0.1, -0.05) is 0 Å². The monoisotopic (exact) mass is 279 g/mol. The van der Waals surface area contributed by atoms with E-state index in [2.05, 4.69) is 5.32 Å². The zero-order chi connectivity index (χ0) is 13.6. The van der Waals surface area contributed by atoms with E-state index in [1.54, 1.807) is 12.1 Å². The summed E-state index contributed by atoms with van der Waals surface area (Å²) in [6.07, 6.45) is 0. The second kappa shape index (κ2) is 3.96. The lowest BCUT2D eigenvalue weighted by molar-refractivity contribution is 0.413. The van der Waals surface area contributed by atoms with Gasteiger partial charge < -0.3 is 10.1 Å². The highest BCUT2D eigenvalue weighted by Crippen LogP contribution is 2.40. The molecule has 0 spiro atoms. The van der Waals surface area contributed by atoms with Crippen LogP contribution in [-0.2, 0) is 9.84 Å². The number of hydrogen-bond acceptors (Lipinski definition) is 4. The van der Waals surface area contributed by atoms with Crippen LogP contribution in [0.2, 0.25) is 0 Å². The molecule has 2 aromatic carbocycles. The van der Waals surface area contributed by atoms with Crippen molar-refractivity contribution >= 4 is 21.2 Å². The molecule has 1 aliphatic rings. The second-order valence-electron chi connectivity index (χ2n) is 4.13. The van der Waals surface area contributed by atoms with Crippen LogP contribution in [0.1, 0.15) is 0 Å². The first-order valence-electron chi connectivity index (χ1n) is 5.52. The Labute approximate surface area is 109 Å². The summed E-state index contributed by atoms with van der Waals surface area (Å²) >= 11 is 0. The van der Waals surface area contributed by atoms with E-state index < -0.39 is 15.7 Å². The van der Waals surface area contributed by atoms with Crippen molar-refractivity contribution in [3.05, 3.63) is 42.2 Å². The first-order chi connectivity index (χ1) is 9.02. The zero-order valence-corrected chi connectivity index (χ0v) is 10.8. The molecule has 1 heterocycles. The molecule has 0 saturated heterocycles. The number of rotatable bonds is 1. The number of anilines is 2. The molecular weight excluding hydrogens is 269 g/mol. The fraction of sp³-hybridized carbons (Fsp3) is 0.0769. The lowest BCUT2D eigenvalue weighted by atomic mass is 10.2. The molecule has 0 aromatic heterocycles. The number of hydrogen-bond donors (Lipinski definition) is 1. The average Bonchev–Trinajstić information content (AvgIpc) is 2.40. The van der Waals surface area contributed by atoms with Crippen LogP contribution in [0, 0.1) is 5.82 Å². The van der Waals surface area contributed by atoms with E-state index in [9.17, 15) is 12.8 Å². The minimum atomic E-state index is -3.74. The summed E-state index contributed by atoms with van der Waals surface area (Å²) in [6, 6.07) is 8.35. The van der Waals surface area contributed by atoms with Crippen LogP contribution in [-0.4, -0.2) is 15.5 Å². The lowest BCUT2D eigenvalue weighted by Crippen LogP contribution is -2.14. The number of halogens is 1. The Bertz CT molecular complexity index is 771. The molecule has 0 amide bonds. The smallest absolute Gasteiger partial charge is 0.210 e. The number of fused-ring (bicyclic) bond motifs is 2. The largest absolute Gasteiger partial charge is 0.497 e. The number of methoxy groups -OCH3 is 1. The highest BCUT2D eigenvalue weighted by molar-refractivity contribution is 7.92. The van der Waals surface area contributed by atoms with Crippen molar-refractivity contribution in [2.24, 2.45) is 0 Å². The van der Waals surface area contributed by atoms with E-state index in [0.29, 0.717) is 17.1 Å². The molecule has 3 rings (SSSR count). The Morgan fingerprint density at radius 1 is 1.05 bits per heavy atom. The minimum Gasteiger partial charge on any atom is -0.497 e. The van der Waals surface area contributed by atoms with Crippen LogP contribution >= 0.6 is 0 Å². The first kappa shape index (κ1) is 12.0. The number of nitrogens with one attached hydrogen (secondary N) is 1. The molecule has 4 nitrogen and oxygen atoms in total. The van der Waals surface area contributed by atoms with Crippen molar-refractivity contribution in [1.29, 1.82) is 0 Å². The highest BCUT2D eigenvalue weighted by Gasteiger charge is 2.30. The summed E-state index contributed by atoms with van der Waals surface area (Å²) in [5.41, 5.74) is 0.832. The van der Waals surface area contributed by atoms with Crippen molar-refractivity contribution in [3.8, 4) is 5.75 Å². The summed E-state index contributed by atoms with van der Waals surface area (Å²) in [5, 5.41) is 2.97. The van der Waals surface area contributed by atoms with E-state index in [0.717, 1.165) is 6.07 Å². The average molecular weight is 279 g/mol. The topological polar surface area (TPSA) is 55.4 Å².